The van der Waals surface area contributed by atoms with Gasteiger partial charge in [0.1, 0.15) is 5.75 Å². The summed E-state index contributed by atoms with van der Waals surface area (Å²) in [5.41, 5.74) is 1.22. The Labute approximate surface area is 73.6 Å². The van der Waals surface area contributed by atoms with Crippen LogP contribution >= 0.6 is 0 Å². The lowest BCUT2D eigenvalue weighted by molar-refractivity contribution is 0.414. The van der Waals surface area contributed by atoms with Crippen LogP contribution in [0.15, 0.2) is 24.3 Å². The van der Waals surface area contributed by atoms with Gasteiger partial charge in [0.05, 0.1) is 7.11 Å². The summed E-state index contributed by atoms with van der Waals surface area (Å²) in [4.78, 5) is 0. The fourth-order valence-electron chi connectivity index (χ4n) is 1.03. The molecule has 0 heterocycles. The number of rotatable bonds is 3. The van der Waals surface area contributed by atoms with Gasteiger partial charge in [-0.15, -0.1) is 6.04 Å². The van der Waals surface area contributed by atoms with E-state index >= 15 is 0 Å². The Morgan fingerprint density at radius 3 is 2.25 bits per heavy atom. The molecule has 0 aromatic heterocycles. The van der Waals surface area contributed by atoms with Crippen molar-refractivity contribution in [3.63, 3.8) is 0 Å². The molecule has 0 N–H and O–H groups in total. The fourth-order valence-corrected chi connectivity index (χ4v) is 1.03. The largest absolute Gasteiger partial charge is 0.659 e. The Morgan fingerprint density at radius 1 is 1.25 bits per heavy atom. The minimum Gasteiger partial charge on any atom is -0.659 e. The van der Waals surface area contributed by atoms with Crippen molar-refractivity contribution in [2.75, 3.05) is 14.2 Å². The standard InChI is InChI=1S/C10H14NO/c1-8(11-2)9-4-6-10(12-3)7-5-9/h4-8H,1-3H3/q-1/t8-/m1/s1. The Bertz CT molecular complexity index is 230. The first kappa shape index (κ1) is 9.07. The second-order valence-electron chi connectivity index (χ2n) is 2.71. The molecule has 2 nitrogen and oxygen atoms in total. The van der Waals surface area contributed by atoms with Crippen LogP contribution < -0.4 is 4.74 Å². The molecular formula is C10H14NO-. The van der Waals surface area contributed by atoms with Crippen LogP contribution in [-0.4, -0.2) is 14.2 Å². The Morgan fingerprint density at radius 2 is 1.83 bits per heavy atom. The van der Waals surface area contributed by atoms with Crippen LogP contribution in [0, 0.1) is 0 Å². The molecule has 0 unspecified atom stereocenters. The molecule has 0 saturated carbocycles. The van der Waals surface area contributed by atoms with Crippen molar-refractivity contribution in [3.8, 4) is 5.75 Å². The third-order valence-corrected chi connectivity index (χ3v) is 1.99. The van der Waals surface area contributed by atoms with E-state index in [4.69, 9.17) is 4.74 Å². The maximum Gasteiger partial charge on any atom is 0.118 e. The highest BCUT2D eigenvalue weighted by atomic mass is 16.5. The fraction of sp³-hybridized carbons (Fsp3) is 0.400. The number of methoxy groups -OCH3 is 1. The SMILES string of the molecule is C[N-][C@H](C)c1ccc(OC)cc1. The van der Waals surface area contributed by atoms with Gasteiger partial charge in [-0.1, -0.05) is 24.6 Å². The zero-order valence-corrected chi connectivity index (χ0v) is 7.74. The van der Waals surface area contributed by atoms with Crippen molar-refractivity contribution < 1.29 is 4.74 Å². The van der Waals surface area contributed by atoms with Crippen LogP contribution in [0.2, 0.25) is 0 Å². The van der Waals surface area contributed by atoms with Gasteiger partial charge in [-0.25, -0.2) is 0 Å². The van der Waals surface area contributed by atoms with Crippen LogP contribution in [0.5, 0.6) is 5.75 Å². The number of hydrogen-bond acceptors (Lipinski definition) is 1. The van der Waals surface area contributed by atoms with Crippen molar-refractivity contribution in [2.45, 2.75) is 13.0 Å². The monoisotopic (exact) mass is 164 g/mol. The van der Waals surface area contributed by atoms with E-state index in [0.717, 1.165) is 5.75 Å². The lowest BCUT2D eigenvalue weighted by Gasteiger charge is -2.23. The highest BCUT2D eigenvalue weighted by Crippen LogP contribution is 2.21. The zero-order chi connectivity index (χ0) is 8.97. The predicted octanol–water partition coefficient (Wildman–Crippen LogP) is 2.76. The summed E-state index contributed by atoms with van der Waals surface area (Å²) in [6.45, 7) is 2.07. The summed E-state index contributed by atoms with van der Waals surface area (Å²) in [5, 5.41) is 4.17. The van der Waals surface area contributed by atoms with Crippen molar-refractivity contribution in [1.29, 1.82) is 0 Å². The average molecular weight is 164 g/mol. The molecule has 66 valence electrons. The van der Waals surface area contributed by atoms with E-state index in [1.807, 2.05) is 31.3 Å². The highest BCUT2D eigenvalue weighted by Gasteiger charge is 1.94. The van der Waals surface area contributed by atoms with E-state index in [2.05, 4.69) is 12.2 Å². The van der Waals surface area contributed by atoms with Gasteiger partial charge in [-0.05, 0) is 12.1 Å². The molecule has 0 spiro atoms. The smallest absolute Gasteiger partial charge is 0.118 e. The van der Waals surface area contributed by atoms with Gasteiger partial charge in [0.15, 0.2) is 0 Å². The minimum atomic E-state index is 0.274. The molecule has 0 saturated heterocycles. The Balaban J connectivity index is 2.77. The first-order chi connectivity index (χ1) is 5.77. The molecule has 0 fully saturated rings. The quantitative estimate of drug-likeness (QED) is 0.673. The van der Waals surface area contributed by atoms with Crippen LogP contribution in [0.25, 0.3) is 5.32 Å². The van der Waals surface area contributed by atoms with Gasteiger partial charge in [0, 0.05) is 0 Å². The number of nitrogens with zero attached hydrogens (tertiary/aromatic N) is 1. The second-order valence-corrected chi connectivity index (χ2v) is 2.71. The van der Waals surface area contributed by atoms with Crippen molar-refractivity contribution in [1.82, 2.24) is 0 Å². The van der Waals surface area contributed by atoms with E-state index in [9.17, 15) is 0 Å². The maximum atomic E-state index is 5.05. The maximum absolute atomic E-state index is 5.05. The molecule has 1 aromatic rings. The minimum absolute atomic E-state index is 0.274. The van der Waals surface area contributed by atoms with Crippen molar-refractivity contribution >= 4 is 0 Å². The summed E-state index contributed by atoms with van der Waals surface area (Å²) >= 11 is 0. The normalized spacial score (nSPS) is 12.6. The zero-order valence-electron chi connectivity index (χ0n) is 7.74. The Kier molecular flexibility index (Phi) is 3.11. The summed E-state index contributed by atoms with van der Waals surface area (Å²) in [7, 11) is 3.50. The highest BCUT2D eigenvalue weighted by molar-refractivity contribution is 5.30. The van der Waals surface area contributed by atoms with E-state index in [0.29, 0.717) is 0 Å². The van der Waals surface area contributed by atoms with Crippen molar-refractivity contribution in [3.05, 3.63) is 35.1 Å². The third kappa shape index (κ3) is 1.98. The Hall–Kier alpha value is -1.02. The van der Waals surface area contributed by atoms with E-state index in [1.54, 1.807) is 7.11 Å². The van der Waals surface area contributed by atoms with Gasteiger partial charge in [-0.3, -0.25) is 0 Å². The topological polar surface area (TPSA) is 23.3 Å². The predicted molar refractivity (Wildman–Crippen MR) is 50.7 cm³/mol. The first-order valence-corrected chi connectivity index (χ1v) is 4.01. The van der Waals surface area contributed by atoms with Gasteiger partial charge < -0.3 is 10.1 Å². The second kappa shape index (κ2) is 4.12. The molecule has 2 heteroatoms. The van der Waals surface area contributed by atoms with Crippen LogP contribution in [0.3, 0.4) is 0 Å². The van der Waals surface area contributed by atoms with Crippen LogP contribution in [0.4, 0.5) is 0 Å². The number of benzene rings is 1. The van der Waals surface area contributed by atoms with E-state index < -0.39 is 0 Å². The molecule has 0 radical (unpaired) electrons. The lowest BCUT2D eigenvalue weighted by atomic mass is 10.1. The third-order valence-electron chi connectivity index (χ3n) is 1.99. The first-order valence-electron chi connectivity index (χ1n) is 4.01. The summed E-state index contributed by atoms with van der Waals surface area (Å²) in [5.74, 6) is 0.891. The van der Waals surface area contributed by atoms with E-state index in [1.165, 1.54) is 5.56 Å². The molecule has 0 aliphatic carbocycles. The molecule has 0 aliphatic heterocycles. The van der Waals surface area contributed by atoms with Crippen LogP contribution in [-0.2, 0) is 0 Å². The molecule has 12 heavy (non-hydrogen) atoms. The van der Waals surface area contributed by atoms with Gasteiger partial charge in [0.25, 0.3) is 0 Å². The molecular weight excluding hydrogens is 150 g/mol. The summed E-state index contributed by atoms with van der Waals surface area (Å²) in [6.07, 6.45) is 0. The van der Waals surface area contributed by atoms with Crippen LogP contribution in [0.1, 0.15) is 18.5 Å². The van der Waals surface area contributed by atoms with Gasteiger partial charge >= 0.3 is 0 Å². The van der Waals surface area contributed by atoms with Gasteiger partial charge in [0.2, 0.25) is 0 Å². The molecule has 0 amide bonds. The molecule has 1 atom stereocenters. The number of ether oxygens (including phenoxy) is 1. The molecule has 1 rings (SSSR count). The lowest BCUT2D eigenvalue weighted by Crippen LogP contribution is -1.90. The molecule has 0 aliphatic rings. The van der Waals surface area contributed by atoms with Crippen molar-refractivity contribution in [2.24, 2.45) is 0 Å². The molecule has 0 bridgehead atoms. The van der Waals surface area contributed by atoms with Gasteiger partial charge in [-0.2, -0.15) is 7.05 Å². The summed E-state index contributed by atoms with van der Waals surface area (Å²) < 4.78 is 5.05. The van der Waals surface area contributed by atoms with E-state index in [-0.39, 0.29) is 6.04 Å². The molecule has 1 aromatic carbocycles. The average Bonchev–Trinajstić information content (AvgIpc) is 2.17. The summed E-state index contributed by atoms with van der Waals surface area (Å²) in [6, 6.07) is 8.26. The number of hydrogen-bond donors (Lipinski definition) is 0.